The van der Waals surface area contributed by atoms with Gasteiger partial charge in [-0.3, -0.25) is 4.98 Å². The van der Waals surface area contributed by atoms with Crippen LogP contribution in [0.2, 0.25) is 0 Å². The highest BCUT2D eigenvalue weighted by Crippen LogP contribution is 2.25. The molecule has 19 heavy (non-hydrogen) atoms. The van der Waals surface area contributed by atoms with Gasteiger partial charge >= 0.3 is 0 Å². The summed E-state index contributed by atoms with van der Waals surface area (Å²) in [5.41, 5.74) is 5.86. The van der Waals surface area contributed by atoms with Crippen molar-refractivity contribution in [2.75, 3.05) is 12.4 Å². The quantitative estimate of drug-likeness (QED) is 0.880. The molecule has 0 aliphatic carbocycles. The minimum atomic E-state index is -0.323. The van der Waals surface area contributed by atoms with E-state index in [9.17, 15) is 0 Å². The number of hydrogen-bond donors (Lipinski definition) is 2. The number of hydroxylamine groups is 1. The third-order valence-electron chi connectivity index (χ3n) is 2.93. The van der Waals surface area contributed by atoms with Crippen molar-refractivity contribution in [2.45, 2.75) is 6.23 Å². The van der Waals surface area contributed by atoms with Gasteiger partial charge in [-0.15, -0.1) is 0 Å². The summed E-state index contributed by atoms with van der Waals surface area (Å²) in [6.07, 6.45) is 3.14. The molecule has 0 bridgehead atoms. The molecule has 96 valence electrons. The number of rotatable bonds is 3. The Bertz CT molecular complexity index is 597. The number of benzene rings is 1. The van der Waals surface area contributed by atoms with E-state index in [1.54, 1.807) is 12.4 Å². The van der Waals surface area contributed by atoms with Crippen molar-refractivity contribution in [3.8, 4) is 0 Å². The third-order valence-corrected chi connectivity index (χ3v) is 2.93. The number of aromatic nitrogens is 1. The van der Waals surface area contributed by atoms with Gasteiger partial charge in [-0.25, -0.2) is 15.3 Å². The second-order valence-corrected chi connectivity index (χ2v) is 4.16. The molecule has 2 heterocycles. The van der Waals surface area contributed by atoms with Gasteiger partial charge in [0.15, 0.2) is 5.84 Å². The van der Waals surface area contributed by atoms with Gasteiger partial charge < -0.3 is 5.32 Å². The number of amidine groups is 1. The molecule has 3 rings (SSSR count). The predicted octanol–water partition coefficient (Wildman–Crippen LogP) is 2.10. The van der Waals surface area contributed by atoms with Crippen molar-refractivity contribution in [2.24, 2.45) is 4.99 Å². The first-order valence-electron chi connectivity index (χ1n) is 6.04. The number of pyridine rings is 1. The molecule has 1 aromatic heterocycles. The molecule has 0 fully saturated rings. The lowest BCUT2D eigenvalue weighted by atomic mass is 10.2. The fraction of sp³-hybridized carbons (Fsp3) is 0.143. The molecule has 0 spiro atoms. The Morgan fingerprint density at radius 1 is 1.21 bits per heavy atom. The Balaban J connectivity index is 1.86. The summed E-state index contributed by atoms with van der Waals surface area (Å²) in [4.78, 5) is 14.0. The van der Waals surface area contributed by atoms with E-state index in [2.05, 4.69) is 20.8 Å². The van der Waals surface area contributed by atoms with Crippen molar-refractivity contribution in [3.05, 3.63) is 59.9 Å². The van der Waals surface area contributed by atoms with E-state index in [1.165, 1.54) is 0 Å². The van der Waals surface area contributed by atoms with E-state index >= 15 is 0 Å². The SMILES string of the molecule is CNc1cccc(C2N=C(c3ccncc3)NO2)c1. The zero-order valence-corrected chi connectivity index (χ0v) is 10.5. The van der Waals surface area contributed by atoms with Crippen LogP contribution in [0.3, 0.4) is 0 Å². The maximum absolute atomic E-state index is 5.50. The predicted molar refractivity (Wildman–Crippen MR) is 73.7 cm³/mol. The van der Waals surface area contributed by atoms with Gasteiger partial charge in [-0.1, -0.05) is 12.1 Å². The normalized spacial score (nSPS) is 17.7. The molecule has 5 nitrogen and oxygen atoms in total. The van der Waals surface area contributed by atoms with Gasteiger partial charge in [0.05, 0.1) is 0 Å². The lowest BCUT2D eigenvalue weighted by molar-refractivity contribution is 0.0377. The van der Waals surface area contributed by atoms with E-state index < -0.39 is 0 Å². The summed E-state index contributed by atoms with van der Waals surface area (Å²) < 4.78 is 0. The van der Waals surface area contributed by atoms with Gasteiger partial charge in [-0.05, 0) is 24.3 Å². The van der Waals surface area contributed by atoms with Gasteiger partial charge in [0, 0.05) is 36.3 Å². The molecule has 1 aliphatic heterocycles. The fourth-order valence-electron chi connectivity index (χ4n) is 1.92. The molecule has 0 saturated heterocycles. The van der Waals surface area contributed by atoms with Crippen LogP contribution in [0.25, 0.3) is 0 Å². The summed E-state index contributed by atoms with van der Waals surface area (Å²) in [6.45, 7) is 0. The molecule has 5 heteroatoms. The van der Waals surface area contributed by atoms with Gasteiger partial charge in [0.2, 0.25) is 6.23 Å². The lowest BCUT2D eigenvalue weighted by Crippen LogP contribution is -2.17. The smallest absolute Gasteiger partial charge is 0.202 e. The van der Waals surface area contributed by atoms with Crippen LogP contribution in [0, 0.1) is 0 Å². The van der Waals surface area contributed by atoms with Crippen molar-refractivity contribution >= 4 is 11.5 Å². The summed E-state index contributed by atoms with van der Waals surface area (Å²) in [6, 6.07) is 11.8. The standard InChI is InChI=1S/C14H14N4O/c1-15-12-4-2-3-11(9-12)14-17-13(18-19-14)10-5-7-16-8-6-10/h2-9,14-15H,1H3,(H,17,18). The van der Waals surface area contributed by atoms with E-state index in [0.29, 0.717) is 0 Å². The van der Waals surface area contributed by atoms with Crippen molar-refractivity contribution in [1.29, 1.82) is 0 Å². The second-order valence-electron chi connectivity index (χ2n) is 4.16. The highest BCUT2D eigenvalue weighted by atomic mass is 16.7. The highest BCUT2D eigenvalue weighted by molar-refractivity contribution is 5.98. The minimum Gasteiger partial charge on any atom is -0.388 e. The summed E-state index contributed by atoms with van der Waals surface area (Å²) in [5.74, 6) is 0.724. The molecule has 1 atom stereocenters. The summed E-state index contributed by atoms with van der Waals surface area (Å²) in [7, 11) is 1.89. The van der Waals surface area contributed by atoms with E-state index in [-0.39, 0.29) is 6.23 Å². The molecule has 1 unspecified atom stereocenters. The van der Waals surface area contributed by atoms with Crippen LogP contribution in [0.5, 0.6) is 0 Å². The van der Waals surface area contributed by atoms with Crippen molar-refractivity contribution < 1.29 is 4.84 Å². The van der Waals surface area contributed by atoms with Crippen LogP contribution < -0.4 is 10.8 Å². The Labute approximate surface area is 111 Å². The van der Waals surface area contributed by atoms with Crippen molar-refractivity contribution in [3.63, 3.8) is 0 Å². The van der Waals surface area contributed by atoms with Crippen LogP contribution in [0.4, 0.5) is 5.69 Å². The second kappa shape index (κ2) is 5.07. The first kappa shape index (κ1) is 11.7. The topological polar surface area (TPSA) is 58.5 Å². The first-order chi connectivity index (χ1) is 9.36. The summed E-state index contributed by atoms with van der Waals surface area (Å²) in [5, 5.41) is 3.10. The summed E-state index contributed by atoms with van der Waals surface area (Å²) >= 11 is 0. The van der Waals surface area contributed by atoms with Gasteiger partial charge in [0.1, 0.15) is 0 Å². The number of nitrogens with zero attached hydrogens (tertiary/aromatic N) is 2. The van der Waals surface area contributed by atoms with E-state index in [1.807, 2.05) is 43.4 Å². The molecule has 1 aromatic carbocycles. The van der Waals surface area contributed by atoms with Gasteiger partial charge in [-0.2, -0.15) is 0 Å². The first-order valence-corrected chi connectivity index (χ1v) is 6.04. The fourth-order valence-corrected chi connectivity index (χ4v) is 1.92. The van der Waals surface area contributed by atoms with Crippen LogP contribution in [0.1, 0.15) is 17.4 Å². The highest BCUT2D eigenvalue weighted by Gasteiger charge is 2.20. The minimum absolute atomic E-state index is 0.323. The molecule has 0 radical (unpaired) electrons. The van der Waals surface area contributed by atoms with Crippen molar-refractivity contribution in [1.82, 2.24) is 10.5 Å². The average Bonchev–Trinajstić information content (AvgIpc) is 2.98. The Morgan fingerprint density at radius 3 is 2.84 bits per heavy atom. The number of hydrogen-bond acceptors (Lipinski definition) is 5. The Hall–Kier alpha value is -2.40. The maximum atomic E-state index is 5.50. The van der Waals surface area contributed by atoms with Crippen LogP contribution >= 0.6 is 0 Å². The Morgan fingerprint density at radius 2 is 2.05 bits per heavy atom. The molecular weight excluding hydrogens is 240 g/mol. The molecule has 0 saturated carbocycles. The number of nitrogens with one attached hydrogen (secondary N) is 2. The van der Waals surface area contributed by atoms with Crippen LogP contribution in [-0.4, -0.2) is 17.9 Å². The van der Waals surface area contributed by atoms with E-state index in [4.69, 9.17) is 4.84 Å². The van der Waals surface area contributed by atoms with Gasteiger partial charge in [0.25, 0.3) is 0 Å². The molecule has 2 aromatic rings. The zero-order chi connectivity index (χ0) is 13.1. The molecule has 1 aliphatic rings. The lowest BCUT2D eigenvalue weighted by Gasteiger charge is -2.07. The van der Waals surface area contributed by atoms with Crippen LogP contribution in [-0.2, 0) is 4.84 Å². The monoisotopic (exact) mass is 254 g/mol. The Kier molecular flexibility index (Phi) is 3.12. The van der Waals surface area contributed by atoms with E-state index in [0.717, 1.165) is 22.6 Å². The molecule has 0 amide bonds. The third kappa shape index (κ3) is 2.41. The van der Waals surface area contributed by atoms with Crippen LogP contribution in [0.15, 0.2) is 53.8 Å². The number of aliphatic imine (C=N–C) groups is 1. The maximum Gasteiger partial charge on any atom is 0.202 e. The molecular formula is C14H14N4O. The largest absolute Gasteiger partial charge is 0.388 e. The number of anilines is 1. The zero-order valence-electron chi connectivity index (χ0n) is 10.5. The molecule has 2 N–H and O–H groups in total. The average molecular weight is 254 g/mol.